The van der Waals surface area contributed by atoms with Crippen molar-refractivity contribution in [2.45, 2.75) is 38.0 Å². The molecule has 1 unspecified atom stereocenters. The van der Waals surface area contributed by atoms with Gasteiger partial charge in [0, 0.05) is 34.3 Å². The summed E-state index contributed by atoms with van der Waals surface area (Å²) in [5.41, 5.74) is 0.480. The van der Waals surface area contributed by atoms with Gasteiger partial charge in [-0.3, -0.25) is 4.79 Å². The van der Waals surface area contributed by atoms with Crippen molar-refractivity contribution in [2.24, 2.45) is 5.92 Å². The van der Waals surface area contributed by atoms with Gasteiger partial charge >= 0.3 is 0 Å². The van der Waals surface area contributed by atoms with Crippen molar-refractivity contribution in [3.05, 3.63) is 33.3 Å². The van der Waals surface area contributed by atoms with Crippen molar-refractivity contribution < 1.29 is 13.6 Å². The summed E-state index contributed by atoms with van der Waals surface area (Å²) in [6.45, 7) is 0. The Hall–Kier alpha value is -0.480. The molecule has 0 amide bonds. The summed E-state index contributed by atoms with van der Waals surface area (Å²) < 4.78 is 27.3. The van der Waals surface area contributed by atoms with Crippen LogP contribution in [0.3, 0.4) is 0 Å². The molecular formula is C14H14BrClF2O. The SMILES string of the molecule is O=C(CC1CCCC(F)(F)C1)c1cc(Cl)cc(Br)c1. The predicted molar refractivity (Wildman–Crippen MR) is 75.0 cm³/mol. The summed E-state index contributed by atoms with van der Waals surface area (Å²) in [5, 5.41) is 0.465. The zero-order valence-electron chi connectivity index (χ0n) is 10.3. The van der Waals surface area contributed by atoms with Crippen molar-refractivity contribution in [1.82, 2.24) is 0 Å². The van der Waals surface area contributed by atoms with Gasteiger partial charge < -0.3 is 0 Å². The Morgan fingerprint density at radius 3 is 2.79 bits per heavy atom. The zero-order valence-corrected chi connectivity index (χ0v) is 12.6. The van der Waals surface area contributed by atoms with Crippen molar-refractivity contribution >= 4 is 33.3 Å². The van der Waals surface area contributed by atoms with Crippen LogP contribution in [0.5, 0.6) is 0 Å². The number of benzene rings is 1. The third kappa shape index (κ3) is 4.25. The first-order valence-corrected chi connectivity index (χ1v) is 7.40. The van der Waals surface area contributed by atoms with Gasteiger partial charge in [-0.15, -0.1) is 0 Å². The van der Waals surface area contributed by atoms with Crippen LogP contribution in [-0.2, 0) is 0 Å². The molecule has 1 fully saturated rings. The minimum atomic E-state index is -2.61. The highest BCUT2D eigenvalue weighted by Crippen LogP contribution is 2.38. The van der Waals surface area contributed by atoms with Crippen molar-refractivity contribution in [1.29, 1.82) is 0 Å². The molecule has 1 nitrogen and oxygen atoms in total. The van der Waals surface area contributed by atoms with Gasteiger partial charge in [-0.05, 0) is 37.0 Å². The van der Waals surface area contributed by atoms with E-state index in [2.05, 4.69) is 15.9 Å². The lowest BCUT2D eigenvalue weighted by Crippen LogP contribution is -2.27. The van der Waals surface area contributed by atoms with Crippen LogP contribution in [0.4, 0.5) is 8.78 Å². The Kier molecular flexibility index (Phi) is 4.62. The van der Waals surface area contributed by atoms with Gasteiger partial charge in [-0.1, -0.05) is 27.5 Å². The van der Waals surface area contributed by atoms with Gasteiger partial charge in [-0.25, -0.2) is 8.78 Å². The van der Waals surface area contributed by atoms with Gasteiger partial charge in [0.1, 0.15) is 0 Å². The molecule has 1 aromatic rings. The maximum absolute atomic E-state index is 13.3. The summed E-state index contributed by atoms with van der Waals surface area (Å²) in [7, 11) is 0. The molecule has 1 atom stereocenters. The van der Waals surface area contributed by atoms with Gasteiger partial charge in [0.05, 0.1) is 0 Å². The van der Waals surface area contributed by atoms with Crippen molar-refractivity contribution in [3.8, 4) is 0 Å². The van der Waals surface area contributed by atoms with Crippen LogP contribution in [0.2, 0.25) is 5.02 Å². The summed E-state index contributed by atoms with van der Waals surface area (Å²) in [4.78, 5) is 12.1. The molecule has 1 aliphatic rings. The monoisotopic (exact) mass is 350 g/mol. The number of ketones is 1. The Balaban J connectivity index is 2.04. The summed E-state index contributed by atoms with van der Waals surface area (Å²) >= 11 is 9.15. The molecule has 0 aliphatic heterocycles. The standard InChI is InChI=1S/C14H14BrClF2O/c15-11-5-10(6-12(16)7-11)13(19)4-9-2-1-3-14(17,18)8-9/h5-7,9H,1-4,8H2. The number of carbonyl (C=O) groups is 1. The maximum atomic E-state index is 13.3. The van der Waals surface area contributed by atoms with Crippen LogP contribution in [0.15, 0.2) is 22.7 Å². The van der Waals surface area contributed by atoms with Crippen LogP contribution >= 0.6 is 27.5 Å². The Bertz CT molecular complexity index is 470. The largest absolute Gasteiger partial charge is 0.294 e. The van der Waals surface area contributed by atoms with Crippen LogP contribution in [0.25, 0.3) is 0 Å². The Labute approximate surface area is 124 Å². The molecule has 0 radical (unpaired) electrons. The minimum Gasteiger partial charge on any atom is -0.294 e. The van der Waals surface area contributed by atoms with E-state index in [1.165, 1.54) is 0 Å². The van der Waals surface area contributed by atoms with Crippen LogP contribution in [0.1, 0.15) is 42.5 Å². The van der Waals surface area contributed by atoms with E-state index >= 15 is 0 Å². The quantitative estimate of drug-likeness (QED) is 0.657. The first kappa shape index (κ1) is 14.9. The molecule has 1 aliphatic carbocycles. The molecule has 0 N–H and O–H groups in total. The molecule has 0 heterocycles. The number of hydrogen-bond donors (Lipinski definition) is 0. The van der Waals surface area contributed by atoms with E-state index in [-0.39, 0.29) is 31.0 Å². The summed E-state index contributed by atoms with van der Waals surface area (Å²) in [6.07, 6.45) is 1.12. The third-order valence-corrected chi connectivity index (χ3v) is 4.08. The smallest absolute Gasteiger partial charge is 0.248 e. The van der Waals surface area contributed by atoms with Crippen molar-refractivity contribution in [2.75, 3.05) is 0 Å². The highest BCUT2D eigenvalue weighted by atomic mass is 79.9. The molecule has 2 rings (SSSR count). The fourth-order valence-electron chi connectivity index (χ4n) is 2.54. The highest BCUT2D eigenvalue weighted by Gasteiger charge is 2.36. The van der Waals surface area contributed by atoms with Gasteiger partial charge in [-0.2, -0.15) is 0 Å². The fraction of sp³-hybridized carbons (Fsp3) is 0.500. The van der Waals surface area contributed by atoms with Crippen LogP contribution in [-0.4, -0.2) is 11.7 Å². The lowest BCUT2D eigenvalue weighted by molar-refractivity contribution is -0.0521. The molecule has 0 saturated heterocycles. The maximum Gasteiger partial charge on any atom is 0.248 e. The van der Waals surface area contributed by atoms with E-state index in [4.69, 9.17) is 11.6 Å². The number of carbonyl (C=O) groups excluding carboxylic acids is 1. The molecule has 0 bridgehead atoms. The average Bonchev–Trinajstić information content (AvgIpc) is 2.26. The van der Waals surface area contributed by atoms with Crippen LogP contribution < -0.4 is 0 Å². The summed E-state index contributed by atoms with van der Waals surface area (Å²) in [6, 6.07) is 4.94. The molecule has 1 aromatic carbocycles. The molecular weight excluding hydrogens is 338 g/mol. The number of hydrogen-bond acceptors (Lipinski definition) is 1. The van der Waals surface area contributed by atoms with Gasteiger partial charge in [0.25, 0.3) is 0 Å². The zero-order chi connectivity index (χ0) is 14.0. The topological polar surface area (TPSA) is 17.1 Å². The predicted octanol–water partition coefficient (Wildman–Crippen LogP) is 5.50. The summed E-state index contributed by atoms with van der Waals surface area (Å²) in [5.74, 6) is -2.96. The lowest BCUT2D eigenvalue weighted by Gasteiger charge is -2.28. The number of alkyl halides is 2. The average molecular weight is 352 g/mol. The first-order valence-electron chi connectivity index (χ1n) is 6.23. The minimum absolute atomic E-state index is 0.0552. The number of halogens is 4. The molecule has 104 valence electrons. The van der Waals surface area contributed by atoms with E-state index in [9.17, 15) is 13.6 Å². The van der Waals surface area contributed by atoms with E-state index < -0.39 is 5.92 Å². The normalized spacial score (nSPS) is 22.2. The lowest BCUT2D eigenvalue weighted by atomic mass is 9.82. The number of Topliss-reactive ketones (excluding diaryl/α,β-unsaturated/α-hetero) is 1. The molecule has 0 aromatic heterocycles. The first-order chi connectivity index (χ1) is 8.85. The molecule has 0 spiro atoms. The third-order valence-electron chi connectivity index (χ3n) is 3.40. The molecule has 1 saturated carbocycles. The van der Waals surface area contributed by atoms with Gasteiger partial charge in [0.2, 0.25) is 5.92 Å². The van der Waals surface area contributed by atoms with E-state index in [1.807, 2.05) is 0 Å². The highest BCUT2D eigenvalue weighted by molar-refractivity contribution is 9.10. The number of rotatable bonds is 3. The second-order valence-corrected chi connectivity index (χ2v) is 6.46. The second kappa shape index (κ2) is 5.88. The van der Waals surface area contributed by atoms with Crippen LogP contribution in [0, 0.1) is 5.92 Å². The van der Waals surface area contributed by atoms with E-state index in [0.717, 1.165) is 4.47 Å². The second-order valence-electron chi connectivity index (χ2n) is 5.10. The Morgan fingerprint density at radius 1 is 1.42 bits per heavy atom. The Morgan fingerprint density at radius 2 is 2.16 bits per heavy atom. The fourth-order valence-corrected chi connectivity index (χ4v) is 3.41. The molecule has 19 heavy (non-hydrogen) atoms. The van der Waals surface area contributed by atoms with Crippen molar-refractivity contribution in [3.63, 3.8) is 0 Å². The van der Waals surface area contributed by atoms with E-state index in [1.54, 1.807) is 18.2 Å². The van der Waals surface area contributed by atoms with E-state index in [0.29, 0.717) is 23.4 Å². The molecule has 5 heteroatoms. The van der Waals surface area contributed by atoms with Gasteiger partial charge in [0.15, 0.2) is 5.78 Å².